The molecule has 0 aliphatic carbocycles. The third-order valence-electron chi connectivity index (χ3n) is 3.93. The van der Waals surface area contributed by atoms with Gasteiger partial charge in [-0.3, -0.25) is 4.98 Å². The molecule has 5 heteroatoms. The van der Waals surface area contributed by atoms with E-state index in [0.717, 1.165) is 0 Å². The summed E-state index contributed by atoms with van der Waals surface area (Å²) in [5.74, 6) is 0. The van der Waals surface area contributed by atoms with Gasteiger partial charge in [0.25, 0.3) is 0 Å². The zero-order valence-corrected chi connectivity index (χ0v) is 12.0. The highest BCUT2D eigenvalue weighted by molar-refractivity contribution is 6.62. The van der Waals surface area contributed by atoms with Crippen LogP contribution in [-0.2, 0) is 9.31 Å². The number of aromatic nitrogens is 1. The van der Waals surface area contributed by atoms with Gasteiger partial charge in [-0.05, 0) is 46.5 Å². The average Bonchev–Trinajstić information content (AvgIpc) is 2.77. The molecule has 3 heterocycles. The summed E-state index contributed by atoms with van der Waals surface area (Å²) in [4.78, 5) is 4.49. The topological polar surface area (TPSA) is 34.6 Å². The van der Waals surface area contributed by atoms with Crippen molar-refractivity contribution in [1.29, 1.82) is 0 Å². The molecule has 0 spiro atoms. The summed E-state index contributed by atoms with van der Waals surface area (Å²) in [6.07, 6.45) is -3.61. The van der Waals surface area contributed by atoms with Gasteiger partial charge in [0, 0.05) is 35.6 Å². The number of anilines is 1. The van der Waals surface area contributed by atoms with Crippen molar-refractivity contribution >= 4 is 18.3 Å². The van der Waals surface area contributed by atoms with Crippen LogP contribution in [0.5, 0.6) is 0 Å². The van der Waals surface area contributed by atoms with E-state index in [0.29, 0.717) is 10.4 Å². The van der Waals surface area contributed by atoms with Crippen molar-refractivity contribution in [2.45, 2.75) is 51.6 Å². The summed E-state index contributed by atoms with van der Waals surface area (Å²) in [6, 6.07) is 1.39. The molecular formula is C15H23BN2O2. The van der Waals surface area contributed by atoms with Crippen LogP contribution in [0.4, 0.5) is 5.69 Å². The van der Waals surface area contributed by atoms with Crippen molar-refractivity contribution in [3.05, 3.63) is 18.5 Å². The van der Waals surface area contributed by atoms with Crippen LogP contribution in [0.15, 0.2) is 18.5 Å². The smallest absolute Gasteiger partial charge is 0.399 e. The van der Waals surface area contributed by atoms with Gasteiger partial charge < -0.3 is 14.2 Å². The Morgan fingerprint density at radius 3 is 2.35 bits per heavy atom. The molecule has 2 fully saturated rings. The van der Waals surface area contributed by atoms with Crippen LogP contribution >= 0.6 is 0 Å². The number of hydrogen-bond acceptors (Lipinski definition) is 4. The summed E-state index contributed by atoms with van der Waals surface area (Å²) < 4.78 is 76.1. The minimum atomic E-state index is -3.11. The Bertz CT molecular complexity index is 760. The Morgan fingerprint density at radius 1 is 1.15 bits per heavy atom. The summed E-state index contributed by atoms with van der Waals surface area (Å²) >= 11 is 0. The molecule has 2 aliphatic rings. The minimum absolute atomic E-state index is 0.104. The van der Waals surface area contributed by atoms with Gasteiger partial charge in [0.15, 0.2) is 0 Å². The third kappa shape index (κ3) is 2.33. The van der Waals surface area contributed by atoms with Crippen LogP contribution in [-0.4, -0.2) is 36.3 Å². The fraction of sp³-hybridized carbons (Fsp3) is 0.667. The van der Waals surface area contributed by atoms with E-state index in [1.807, 2.05) is 27.7 Å². The lowest BCUT2D eigenvalue weighted by molar-refractivity contribution is 0.00578. The lowest BCUT2D eigenvalue weighted by atomic mass is 9.80. The monoisotopic (exact) mass is 282 g/mol. The second-order valence-electron chi connectivity index (χ2n) is 5.87. The molecular weight excluding hydrogens is 251 g/mol. The van der Waals surface area contributed by atoms with Gasteiger partial charge in [-0.15, -0.1) is 0 Å². The zero-order valence-electron chi connectivity index (χ0n) is 20.0. The van der Waals surface area contributed by atoms with Gasteiger partial charge >= 0.3 is 7.12 Å². The molecule has 0 aromatic carbocycles. The van der Waals surface area contributed by atoms with Gasteiger partial charge in [0.2, 0.25) is 0 Å². The highest BCUT2D eigenvalue weighted by Gasteiger charge is 2.51. The van der Waals surface area contributed by atoms with Crippen molar-refractivity contribution in [1.82, 2.24) is 4.98 Å². The predicted octanol–water partition coefficient (Wildman–Crippen LogP) is 1.98. The standard InChI is InChI=1S/C15H23BN2O2/c1-14(2)15(3,4)20-16(19-14)12-9-13(11-17-10-12)18-7-5-6-8-18/h9-11H,5-8H2,1-4H3/i5D2,6D2,7D2,8D2. The normalized spacial score (nSPS) is 40.4. The van der Waals surface area contributed by atoms with Gasteiger partial charge in [-0.1, -0.05) is 0 Å². The molecule has 2 saturated heterocycles. The number of pyridine rings is 1. The Kier molecular flexibility index (Phi) is 1.72. The maximum Gasteiger partial charge on any atom is 0.496 e. The Labute approximate surface area is 132 Å². The van der Waals surface area contributed by atoms with Crippen LogP contribution < -0.4 is 10.4 Å². The summed E-state index contributed by atoms with van der Waals surface area (Å²) in [5.41, 5.74) is -0.956. The fourth-order valence-electron chi connectivity index (χ4n) is 2.00. The van der Waals surface area contributed by atoms with E-state index in [1.54, 1.807) is 0 Å². The molecule has 2 aliphatic heterocycles. The molecule has 3 rings (SSSR count). The molecule has 20 heavy (non-hydrogen) atoms. The minimum Gasteiger partial charge on any atom is -0.399 e. The summed E-state index contributed by atoms with van der Waals surface area (Å²) in [7, 11) is -0.828. The molecule has 0 atom stereocenters. The summed E-state index contributed by atoms with van der Waals surface area (Å²) in [5, 5.41) is 0. The van der Waals surface area contributed by atoms with Crippen molar-refractivity contribution in [3.8, 4) is 0 Å². The molecule has 108 valence electrons. The van der Waals surface area contributed by atoms with Crippen molar-refractivity contribution in [3.63, 3.8) is 0 Å². The van der Waals surface area contributed by atoms with Crippen LogP contribution in [0.1, 0.15) is 51.4 Å². The molecule has 0 bridgehead atoms. The third-order valence-corrected chi connectivity index (χ3v) is 3.93. The maximum absolute atomic E-state index is 8.15. The Morgan fingerprint density at radius 2 is 1.75 bits per heavy atom. The molecule has 0 N–H and O–H groups in total. The first kappa shape index (κ1) is 7.27. The second kappa shape index (κ2) is 4.74. The number of nitrogens with zero attached hydrogens (tertiary/aromatic N) is 2. The fourth-order valence-corrected chi connectivity index (χ4v) is 2.00. The first-order valence-electron chi connectivity index (χ1n) is 10.5. The van der Waals surface area contributed by atoms with Crippen LogP contribution in [0, 0.1) is 0 Å². The van der Waals surface area contributed by atoms with E-state index >= 15 is 0 Å². The molecule has 0 radical (unpaired) electrons. The summed E-state index contributed by atoms with van der Waals surface area (Å²) in [6.45, 7) is 1.54. The maximum atomic E-state index is 8.15. The largest absolute Gasteiger partial charge is 0.496 e. The lowest BCUT2D eigenvalue weighted by Crippen LogP contribution is -2.41. The van der Waals surface area contributed by atoms with Crippen LogP contribution in [0.2, 0.25) is 0 Å². The van der Waals surface area contributed by atoms with E-state index in [9.17, 15) is 0 Å². The Balaban J connectivity index is 2.06. The van der Waals surface area contributed by atoms with E-state index < -0.39 is 44.1 Å². The predicted molar refractivity (Wildman–Crippen MR) is 81.4 cm³/mol. The molecule has 1 aromatic rings. The quantitative estimate of drug-likeness (QED) is 0.777. The Hall–Kier alpha value is -1.07. The van der Waals surface area contributed by atoms with Gasteiger partial charge in [-0.2, -0.15) is 0 Å². The van der Waals surface area contributed by atoms with Gasteiger partial charge in [-0.25, -0.2) is 0 Å². The van der Waals surface area contributed by atoms with Crippen molar-refractivity contribution in [2.24, 2.45) is 0 Å². The zero-order chi connectivity index (χ0) is 21.6. The van der Waals surface area contributed by atoms with E-state index in [4.69, 9.17) is 20.3 Å². The molecule has 1 aromatic heterocycles. The highest BCUT2D eigenvalue weighted by Crippen LogP contribution is 2.36. The molecule has 0 amide bonds. The lowest BCUT2D eigenvalue weighted by Gasteiger charge is -2.32. The van der Waals surface area contributed by atoms with E-state index in [1.165, 1.54) is 18.5 Å². The first-order chi connectivity index (χ1) is 12.4. The highest BCUT2D eigenvalue weighted by atomic mass is 16.7. The number of hydrogen-bond donors (Lipinski definition) is 0. The second-order valence-corrected chi connectivity index (χ2v) is 5.87. The van der Waals surface area contributed by atoms with Crippen LogP contribution in [0.3, 0.4) is 0 Å². The van der Waals surface area contributed by atoms with Crippen molar-refractivity contribution < 1.29 is 20.3 Å². The molecule has 0 saturated carbocycles. The van der Waals surface area contributed by atoms with E-state index in [2.05, 4.69) is 4.98 Å². The van der Waals surface area contributed by atoms with Crippen LogP contribution in [0.25, 0.3) is 0 Å². The van der Waals surface area contributed by atoms with Gasteiger partial charge in [0.1, 0.15) is 0 Å². The number of rotatable bonds is 2. The SMILES string of the molecule is [2H]C1([2H])N(c2cncc(B3OC(C)(C)C(C)(C)O3)c2)C([2H])([2H])C([2H])([2H])C1([2H])[2H]. The molecule has 0 unspecified atom stereocenters. The van der Waals surface area contributed by atoms with Gasteiger partial charge in [0.05, 0.1) is 23.1 Å². The van der Waals surface area contributed by atoms with Crippen molar-refractivity contribution in [2.75, 3.05) is 17.9 Å². The first-order valence-corrected chi connectivity index (χ1v) is 6.51. The molecule has 4 nitrogen and oxygen atoms in total. The average molecular weight is 282 g/mol. The van der Waals surface area contributed by atoms with E-state index in [-0.39, 0.29) is 5.69 Å².